The number of aromatic nitrogens is 3. The SMILES string of the molecule is C=CCSc1nc([O-])c2[n+](n1)C(c1ccc(OC)cc1OC)N(C(C)=O)c1ccccc1-2. The fourth-order valence-electron chi connectivity index (χ4n) is 3.78. The van der Waals surface area contributed by atoms with Gasteiger partial charge in [0.1, 0.15) is 11.5 Å². The van der Waals surface area contributed by atoms with E-state index in [0.717, 1.165) is 0 Å². The molecule has 9 heteroatoms. The molecule has 2 aromatic carbocycles. The van der Waals surface area contributed by atoms with Crippen LogP contribution in [0.3, 0.4) is 0 Å². The summed E-state index contributed by atoms with van der Waals surface area (Å²) >= 11 is 1.30. The number of amides is 1. The zero-order valence-electron chi connectivity index (χ0n) is 17.9. The Morgan fingerprint density at radius 3 is 2.75 bits per heavy atom. The predicted octanol–water partition coefficient (Wildman–Crippen LogP) is 2.71. The number of carbonyl (C=O) groups is 1. The molecule has 0 aliphatic carbocycles. The third kappa shape index (κ3) is 3.64. The normalized spacial score (nSPS) is 14.3. The summed E-state index contributed by atoms with van der Waals surface area (Å²) in [5, 5.41) is 18.1. The summed E-state index contributed by atoms with van der Waals surface area (Å²) in [5.74, 6) is 1.03. The Labute approximate surface area is 190 Å². The minimum Gasteiger partial charge on any atom is -0.854 e. The highest BCUT2D eigenvalue weighted by Gasteiger charge is 2.45. The van der Waals surface area contributed by atoms with Crippen molar-refractivity contribution < 1.29 is 24.1 Å². The second-order valence-electron chi connectivity index (χ2n) is 6.98. The van der Waals surface area contributed by atoms with Crippen molar-refractivity contribution in [3.63, 3.8) is 0 Å². The van der Waals surface area contributed by atoms with E-state index in [9.17, 15) is 9.90 Å². The number of rotatable bonds is 6. The summed E-state index contributed by atoms with van der Waals surface area (Å²) in [6.07, 6.45) is 0.959. The maximum absolute atomic E-state index is 13.2. The van der Waals surface area contributed by atoms with Gasteiger partial charge in [0.2, 0.25) is 5.91 Å². The van der Waals surface area contributed by atoms with Crippen LogP contribution in [0.2, 0.25) is 0 Å². The largest absolute Gasteiger partial charge is 0.854 e. The molecule has 1 aliphatic rings. The van der Waals surface area contributed by atoms with E-state index in [1.165, 1.54) is 18.7 Å². The van der Waals surface area contributed by atoms with Crippen LogP contribution < -0.4 is 24.2 Å². The first-order valence-corrected chi connectivity index (χ1v) is 10.8. The molecule has 2 heterocycles. The minimum atomic E-state index is -0.753. The van der Waals surface area contributed by atoms with E-state index >= 15 is 0 Å². The first-order valence-electron chi connectivity index (χ1n) is 9.85. The summed E-state index contributed by atoms with van der Waals surface area (Å²) in [6, 6.07) is 12.6. The maximum Gasteiger partial charge on any atom is 0.296 e. The van der Waals surface area contributed by atoms with E-state index in [0.29, 0.717) is 44.9 Å². The van der Waals surface area contributed by atoms with Crippen LogP contribution in [0, 0.1) is 0 Å². The van der Waals surface area contributed by atoms with Gasteiger partial charge >= 0.3 is 0 Å². The summed E-state index contributed by atoms with van der Waals surface area (Å²) in [4.78, 5) is 18.7. The van der Waals surface area contributed by atoms with Gasteiger partial charge in [-0.25, -0.2) is 9.88 Å². The molecular formula is C23H22N4O4S. The highest BCUT2D eigenvalue weighted by Crippen LogP contribution is 2.43. The van der Waals surface area contributed by atoms with E-state index in [1.807, 2.05) is 24.3 Å². The molecule has 0 saturated carbocycles. The van der Waals surface area contributed by atoms with Crippen molar-refractivity contribution in [3.8, 4) is 28.6 Å². The molecule has 4 rings (SSSR count). The molecule has 0 spiro atoms. The molecule has 0 bridgehead atoms. The fraction of sp³-hybridized carbons (Fsp3) is 0.217. The lowest BCUT2D eigenvalue weighted by atomic mass is 10.0. The Morgan fingerprint density at radius 2 is 2.06 bits per heavy atom. The fourth-order valence-corrected chi connectivity index (χ4v) is 4.34. The number of methoxy groups -OCH3 is 2. The zero-order chi connectivity index (χ0) is 22.8. The number of para-hydroxylation sites is 1. The first-order chi connectivity index (χ1) is 15.5. The Kier molecular flexibility index (Phi) is 6.00. The van der Waals surface area contributed by atoms with Gasteiger partial charge in [0.15, 0.2) is 0 Å². The van der Waals surface area contributed by atoms with Crippen LogP contribution in [-0.2, 0) is 4.79 Å². The highest BCUT2D eigenvalue weighted by atomic mass is 32.2. The van der Waals surface area contributed by atoms with E-state index in [4.69, 9.17) is 9.47 Å². The molecule has 1 unspecified atom stereocenters. The van der Waals surface area contributed by atoms with Crippen LogP contribution in [0.5, 0.6) is 17.4 Å². The number of nitrogens with zero attached hydrogens (tertiary/aromatic N) is 4. The van der Waals surface area contributed by atoms with E-state index in [2.05, 4.69) is 16.7 Å². The Hall–Kier alpha value is -3.59. The van der Waals surface area contributed by atoms with Gasteiger partial charge in [-0.1, -0.05) is 34.7 Å². The Bertz CT molecular complexity index is 1200. The molecular weight excluding hydrogens is 428 g/mol. The topological polar surface area (TPSA) is 91.5 Å². The molecule has 0 radical (unpaired) electrons. The van der Waals surface area contributed by atoms with Gasteiger partial charge in [0.05, 0.1) is 36.9 Å². The van der Waals surface area contributed by atoms with Gasteiger partial charge < -0.3 is 14.6 Å². The van der Waals surface area contributed by atoms with Gasteiger partial charge in [-0.15, -0.1) is 6.58 Å². The monoisotopic (exact) mass is 450 g/mol. The third-order valence-corrected chi connectivity index (χ3v) is 5.94. The van der Waals surface area contributed by atoms with Crippen LogP contribution in [-0.4, -0.2) is 36.0 Å². The maximum atomic E-state index is 13.2. The number of thioether (sulfide) groups is 1. The summed E-state index contributed by atoms with van der Waals surface area (Å²) < 4.78 is 12.5. The van der Waals surface area contributed by atoms with Crippen LogP contribution in [0.15, 0.2) is 60.3 Å². The molecule has 164 valence electrons. The average molecular weight is 451 g/mol. The molecule has 32 heavy (non-hydrogen) atoms. The van der Waals surface area contributed by atoms with Crippen molar-refractivity contribution in [1.82, 2.24) is 10.1 Å². The number of benzene rings is 2. The lowest BCUT2D eigenvalue weighted by molar-refractivity contribution is -0.764. The van der Waals surface area contributed by atoms with E-state index in [1.54, 1.807) is 48.1 Å². The third-order valence-electron chi connectivity index (χ3n) is 5.11. The number of anilines is 1. The number of hydrogen-bond donors (Lipinski definition) is 0. The van der Waals surface area contributed by atoms with Gasteiger partial charge in [0, 0.05) is 23.8 Å². The molecule has 3 aromatic rings. The molecule has 1 aromatic heterocycles. The second kappa shape index (κ2) is 8.88. The Morgan fingerprint density at radius 1 is 1.28 bits per heavy atom. The number of hydrogen-bond acceptors (Lipinski definition) is 7. The molecule has 0 N–H and O–H groups in total. The van der Waals surface area contributed by atoms with Crippen LogP contribution in [0.4, 0.5) is 5.69 Å². The molecule has 1 amide bonds. The average Bonchev–Trinajstić information content (AvgIpc) is 2.81. The zero-order valence-corrected chi connectivity index (χ0v) is 18.8. The van der Waals surface area contributed by atoms with E-state index in [-0.39, 0.29) is 5.91 Å². The van der Waals surface area contributed by atoms with Crippen LogP contribution in [0.1, 0.15) is 18.7 Å². The number of fused-ring (bicyclic) bond motifs is 3. The van der Waals surface area contributed by atoms with Gasteiger partial charge in [0.25, 0.3) is 17.0 Å². The van der Waals surface area contributed by atoms with Gasteiger partial charge in [-0.3, -0.25) is 4.79 Å². The van der Waals surface area contributed by atoms with Gasteiger partial charge in [-0.2, -0.15) is 0 Å². The molecule has 8 nitrogen and oxygen atoms in total. The minimum absolute atomic E-state index is 0.204. The lowest BCUT2D eigenvalue weighted by Crippen LogP contribution is -2.58. The standard InChI is InChI=1S/C23H22N4O4S/c1-5-12-32-23-24-21(29)20-16-8-6-7-9-18(16)26(14(2)28)22(27(20)25-23)17-11-10-15(30-3)13-19(17)31-4/h5-11,13,22H,1,12H2,2-4H3. The van der Waals surface area contributed by atoms with Crippen molar-refractivity contribution in [2.45, 2.75) is 18.2 Å². The van der Waals surface area contributed by atoms with Crippen molar-refractivity contribution in [3.05, 3.63) is 60.7 Å². The lowest BCUT2D eigenvalue weighted by Gasteiger charge is -2.33. The van der Waals surface area contributed by atoms with Crippen LogP contribution in [0.25, 0.3) is 11.3 Å². The van der Waals surface area contributed by atoms with Crippen LogP contribution >= 0.6 is 11.8 Å². The molecule has 0 fully saturated rings. The molecule has 1 atom stereocenters. The molecule has 1 aliphatic heterocycles. The predicted molar refractivity (Wildman–Crippen MR) is 119 cm³/mol. The highest BCUT2D eigenvalue weighted by molar-refractivity contribution is 7.99. The van der Waals surface area contributed by atoms with E-state index < -0.39 is 12.0 Å². The summed E-state index contributed by atoms with van der Waals surface area (Å²) in [6.45, 7) is 5.19. The smallest absolute Gasteiger partial charge is 0.296 e. The van der Waals surface area contributed by atoms with Gasteiger partial charge in [-0.05, 0) is 24.3 Å². The quantitative estimate of drug-likeness (QED) is 0.324. The van der Waals surface area contributed by atoms with Crippen molar-refractivity contribution in [2.75, 3.05) is 24.9 Å². The Balaban J connectivity index is 2.04. The van der Waals surface area contributed by atoms with Crippen molar-refractivity contribution >= 4 is 23.4 Å². The van der Waals surface area contributed by atoms with Crippen molar-refractivity contribution in [2.24, 2.45) is 0 Å². The first kappa shape index (κ1) is 21.6. The van der Waals surface area contributed by atoms with Crippen molar-refractivity contribution in [1.29, 1.82) is 0 Å². The summed E-state index contributed by atoms with van der Waals surface area (Å²) in [7, 11) is 3.11. The number of carbonyl (C=O) groups excluding carboxylic acids is 1. The second-order valence-corrected chi connectivity index (χ2v) is 7.97. The molecule has 0 saturated heterocycles. The summed E-state index contributed by atoms with van der Waals surface area (Å²) in [5.41, 5.74) is 2.16. The number of ether oxygens (including phenoxy) is 2.